The minimum atomic E-state index is 0.0575. The summed E-state index contributed by atoms with van der Waals surface area (Å²) in [6, 6.07) is 4.61. The van der Waals surface area contributed by atoms with E-state index in [1.54, 1.807) is 0 Å². The van der Waals surface area contributed by atoms with E-state index in [1.807, 2.05) is 0 Å². The van der Waals surface area contributed by atoms with Gasteiger partial charge in [-0.1, -0.05) is 0 Å². The summed E-state index contributed by atoms with van der Waals surface area (Å²) < 4.78 is 4.82. The van der Waals surface area contributed by atoms with Gasteiger partial charge in [-0.2, -0.15) is 0 Å². The predicted octanol–water partition coefficient (Wildman–Crippen LogP) is 0.460. The van der Waals surface area contributed by atoms with E-state index in [1.165, 1.54) is 21.6 Å². The molecule has 0 unspecified atom stereocenters. The zero-order chi connectivity index (χ0) is 7.97. The van der Waals surface area contributed by atoms with E-state index in [2.05, 4.69) is 39.0 Å². The molecular weight excluding hydrogens is 260 g/mol. The first kappa shape index (κ1) is 6.95. The Kier molecular flexibility index (Phi) is 1.44. The number of benzene rings is 1. The van der Waals surface area contributed by atoms with E-state index in [0.29, 0.717) is 0 Å². The van der Waals surface area contributed by atoms with Gasteiger partial charge in [-0.15, -0.1) is 0 Å². The molecule has 0 saturated heterocycles. The Bertz CT molecular complexity index is 480. The topological polar surface area (TPSA) is 0 Å². The van der Waals surface area contributed by atoms with Crippen LogP contribution in [0.15, 0.2) is 18.2 Å². The fraction of sp³-hybridized carbons (Fsp3) is 0. The Hall–Kier alpha value is -0.510. The number of hydrogen-bond donors (Lipinski definition) is 0. The molecule has 57 valence electrons. The number of hydrogen-bond acceptors (Lipinski definition) is 0. The third-order valence-electron chi connectivity index (χ3n) is 2.23. The summed E-state index contributed by atoms with van der Waals surface area (Å²) >= 11 is 0.0575. The molecule has 1 aromatic rings. The fourth-order valence-corrected chi connectivity index (χ4v) is 3.79. The second-order valence-electron chi connectivity index (χ2n) is 3.01. The van der Waals surface area contributed by atoms with Gasteiger partial charge in [0.2, 0.25) is 0 Å². The van der Waals surface area contributed by atoms with Gasteiger partial charge in [0.1, 0.15) is 0 Å². The molecule has 1 aliphatic heterocycles. The summed E-state index contributed by atoms with van der Waals surface area (Å²) in [7, 11) is 0. The molecule has 1 aromatic carbocycles. The van der Waals surface area contributed by atoms with E-state index < -0.39 is 0 Å². The van der Waals surface area contributed by atoms with Crippen LogP contribution in [0.25, 0.3) is 16.3 Å². The second kappa shape index (κ2) is 2.49. The van der Waals surface area contributed by atoms with Gasteiger partial charge in [-0.25, -0.2) is 0 Å². The van der Waals surface area contributed by atoms with Crippen molar-refractivity contribution in [1.82, 2.24) is 0 Å². The third-order valence-corrected chi connectivity index (χ3v) is 4.46. The van der Waals surface area contributed by atoms with Crippen LogP contribution in [0.3, 0.4) is 0 Å². The second-order valence-corrected chi connectivity index (χ2v) is 5.13. The summed E-state index contributed by atoms with van der Waals surface area (Å²) in [4.78, 5) is 0. The summed E-state index contributed by atoms with van der Waals surface area (Å²) in [5.74, 6) is 0. The van der Waals surface area contributed by atoms with Crippen molar-refractivity contribution in [3.8, 4) is 0 Å². The molecule has 2 aliphatic rings. The molecule has 1 heteroatoms. The zero-order valence-corrected chi connectivity index (χ0v) is 8.78. The Labute approximate surface area is 81.4 Å². The van der Waals surface area contributed by atoms with Gasteiger partial charge in [0.15, 0.2) is 0 Å². The average molecular weight is 267 g/mol. The Morgan fingerprint density at radius 3 is 2.92 bits per heavy atom. The van der Waals surface area contributed by atoms with E-state index in [4.69, 9.17) is 0 Å². The van der Waals surface area contributed by atoms with Crippen LogP contribution in [0.2, 0.25) is 0 Å². The normalized spacial score (nSPS) is 16.7. The molecule has 0 nitrogen and oxygen atoms in total. The van der Waals surface area contributed by atoms with E-state index in [9.17, 15) is 0 Å². The number of allylic oxidation sites excluding steroid dienone is 1. The van der Waals surface area contributed by atoms with Gasteiger partial charge >= 0.3 is 81.4 Å². The molecule has 12 heavy (non-hydrogen) atoms. The molecule has 1 radical (unpaired) electrons. The van der Waals surface area contributed by atoms with Gasteiger partial charge in [-0.05, 0) is 0 Å². The zero-order valence-electron chi connectivity index (χ0n) is 6.45. The maximum absolute atomic E-state index is 2.41. The molecule has 0 N–H and O–H groups in total. The van der Waals surface area contributed by atoms with Crippen molar-refractivity contribution in [3.63, 3.8) is 0 Å². The van der Waals surface area contributed by atoms with Crippen LogP contribution in [-0.2, 0) is 0 Å². The molecule has 0 fully saturated rings. The van der Waals surface area contributed by atoms with Crippen LogP contribution < -0.4 is 10.4 Å². The summed E-state index contributed by atoms with van der Waals surface area (Å²) in [6.07, 6.45) is 6.49. The summed E-state index contributed by atoms with van der Waals surface area (Å²) in [6.45, 7) is 0. The van der Waals surface area contributed by atoms with E-state index >= 15 is 0 Å². The van der Waals surface area contributed by atoms with Crippen molar-refractivity contribution in [1.29, 1.82) is 0 Å². The average Bonchev–Trinajstić information content (AvgIpc) is 2.64. The van der Waals surface area contributed by atoms with Crippen molar-refractivity contribution in [2.45, 2.75) is 0 Å². The van der Waals surface area contributed by atoms with Crippen LogP contribution in [0.5, 0.6) is 0 Å². The molecule has 0 saturated carbocycles. The van der Waals surface area contributed by atoms with Crippen LogP contribution in [0, 0.1) is 4.47 Å². The van der Waals surface area contributed by atoms with E-state index in [-0.39, 0.29) is 20.9 Å². The van der Waals surface area contributed by atoms with E-state index in [0.717, 1.165) is 0 Å². The molecule has 0 aromatic heterocycles. The van der Waals surface area contributed by atoms with Crippen LogP contribution in [0.1, 0.15) is 11.1 Å². The molecule has 0 atom stereocenters. The quantitative estimate of drug-likeness (QED) is 0.599. The Morgan fingerprint density at radius 2 is 1.92 bits per heavy atom. The SMILES string of the molecule is [CH]1[Te]C=c2cc3c(cc21)=CC=C3. The minimum absolute atomic E-state index is 0.0575. The third kappa shape index (κ3) is 0.905. The van der Waals surface area contributed by atoms with Crippen molar-refractivity contribution in [3.05, 3.63) is 44.2 Å². The first-order chi connectivity index (χ1) is 5.93. The number of fused-ring (bicyclic) bond motifs is 2. The van der Waals surface area contributed by atoms with Crippen LogP contribution >= 0.6 is 0 Å². The van der Waals surface area contributed by atoms with Crippen molar-refractivity contribution >= 4 is 37.2 Å². The molecule has 0 bridgehead atoms. The van der Waals surface area contributed by atoms with Crippen LogP contribution in [0.4, 0.5) is 0 Å². The standard InChI is InChI=1S/C11H7Te/c1-2-8-4-10-6-12-7-11(10)5-9(8)3-1/h1-7H. The van der Waals surface area contributed by atoms with Gasteiger partial charge in [0.05, 0.1) is 0 Å². The van der Waals surface area contributed by atoms with Crippen LogP contribution in [-0.4, -0.2) is 20.9 Å². The fourth-order valence-electron chi connectivity index (χ4n) is 1.60. The van der Waals surface area contributed by atoms with Crippen molar-refractivity contribution in [2.24, 2.45) is 0 Å². The summed E-state index contributed by atoms with van der Waals surface area (Å²) in [5, 5.41) is 2.84. The summed E-state index contributed by atoms with van der Waals surface area (Å²) in [5.41, 5.74) is 2.84. The number of rotatable bonds is 0. The van der Waals surface area contributed by atoms with Gasteiger partial charge in [0, 0.05) is 0 Å². The molecule has 0 amide bonds. The Morgan fingerprint density at radius 1 is 1.00 bits per heavy atom. The predicted molar refractivity (Wildman–Crippen MR) is 52.8 cm³/mol. The molecule has 1 heterocycles. The molecule has 3 rings (SSSR count). The monoisotopic (exact) mass is 269 g/mol. The first-order valence-corrected chi connectivity index (χ1v) is 6.64. The first-order valence-electron chi connectivity index (χ1n) is 3.95. The van der Waals surface area contributed by atoms with Gasteiger partial charge in [0.25, 0.3) is 0 Å². The molecular formula is C11H7Te. The van der Waals surface area contributed by atoms with Crippen molar-refractivity contribution in [2.75, 3.05) is 0 Å². The Balaban J connectivity index is 2.45. The molecule has 1 aliphatic carbocycles. The molecule has 0 spiro atoms. The van der Waals surface area contributed by atoms with Crippen molar-refractivity contribution < 1.29 is 0 Å². The van der Waals surface area contributed by atoms with Gasteiger partial charge in [-0.3, -0.25) is 0 Å². The van der Waals surface area contributed by atoms with Gasteiger partial charge < -0.3 is 0 Å². The maximum atomic E-state index is 2.41.